The number of carbonyl (C=O) groups is 2. The maximum Gasteiger partial charge on any atom is 0.295 e. The van der Waals surface area contributed by atoms with Crippen LogP contribution in [0, 0.1) is 0 Å². The first-order valence-electron chi connectivity index (χ1n) is 9.47. The second kappa shape index (κ2) is 8.21. The Labute approximate surface area is 174 Å². The summed E-state index contributed by atoms with van der Waals surface area (Å²) < 4.78 is 5.22. The summed E-state index contributed by atoms with van der Waals surface area (Å²) in [6.45, 7) is 0.236. The third-order valence-electron chi connectivity index (χ3n) is 5.08. The van der Waals surface area contributed by atoms with Crippen LogP contribution < -0.4 is 4.74 Å². The van der Waals surface area contributed by atoms with Gasteiger partial charge in [0.25, 0.3) is 11.7 Å². The lowest BCUT2D eigenvalue weighted by Gasteiger charge is -2.25. The summed E-state index contributed by atoms with van der Waals surface area (Å²) in [6, 6.07) is 19.0. The van der Waals surface area contributed by atoms with Gasteiger partial charge in [0.2, 0.25) is 0 Å². The summed E-state index contributed by atoms with van der Waals surface area (Å²) in [6.07, 6.45) is 3.22. The number of pyridine rings is 1. The number of aromatic nitrogens is 1. The molecule has 0 bridgehead atoms. The van der Waals surface area contributed by atoms with Crippen molar-refractivity contribution in [1.29, 1.82) is 0 Å². The number of nitrogens with zero attached hydrogens (tertiary/aromatic N) is 2. The molecule has 2 heterocycles. The van der Waals surface area contributed by atoms with Crippen LogP contribution >= 0.6 is 0 Å². The molecule has 1 unspecified atom stereocenters. The molecule has 0 spiro atoms. The Hall–Kier alpha value is -3.93. The second-order valence-electron chi connectivity index (χ2n) is 6.93. The number of aliphatic hydroxyl groups excluding tert-OH is 1. The van der Waals surface area contributed by atoms with E-state index in [4.69, 9.17) is 4.74 Å². The Morgan fingerprint density at radius 2 is 1.87 bits per heavy atom. The van der Waals surface area contributed by atoms with Crippen LogP contribution in [-0.2, 0) is 16.1 Å². The topological polar surface area (TPSA) is 79.7 Å². The standard InChI is InChI=1S/C24H20N2O4/c1-30-19-11-5-9-17(13-19)22(27)20-21(18-10-6-12-25-14-18)26(24(29)23(20)28)15-16-7-3-2-4-8-16/h2-14,21,27H,15H2,1H3. The summed E-state index contributed by atoms with van der Waals surface area (Å²) >= 11 is 0. The lowest BCUT2D eigenvalue weighted by atomic mass is 9.96. The highest BCUT2D eigenvalue weighted by Gasteiger charge is 2.46. The van der Waals surface area contributed by atoms with Crippen molar-refractivity contribution in [2.75, 3.05) is 7.11 Å². The van der Waals surface area contributed by atoms with Crippen LogP contribution in [0.25, 0.3) is 5.76 Å². The molecule has 1 amide bonds. The minimum Gasteiger partial charge on any atom is -0.507 e. The number of aliphatic hydroxyl groups is 1. The van der Waals surface area contributed by atoms with Crippen molar-refractivity contribution in [3.63, 3.8) is 0 Å². The van der Waals surface area contributed by atoms with Crippen LogP contribution in [-0.4, -0.2) is 33.8 Å². The molecule has 1 saturated heterocycles. The molecule has 6 nitrogen and oxygen atoms in total. The van der Waals surface area contributed by atoms with Gasteiger partial charge in [-0.05, 0) is 29.3 Å². The van der Waals surface area contributed by atoms with Crippen molar-refractivity contribution in [2.45, 2.75) is 12.6 Å². The molecule has 6 heteroatoms. The smallest absolute Gasteiger partial charge is 0.295 e. The van der Waals surface area contributed by atoms with E-state index in [1.54, 1.807) is 48.8 Å². The highest BCUT2D eigenvalue weighted by molar-refractivity contribution is 6.46. The van der Waals surface area contributed by atoms with E-state index in [1.165, 1.54) is 12.0 Å². The molecule has 0 saturated carbocycles. The first-order chi connectivity index (χ1) is 14.6. The molecule has 30 heavy (non-hydrogen) atoms. The molecular formula is C24H20N2O4. The molecule has 1 aromatic heterocycles. The molecule has 1 atom stereocenters. The number of likely N-dealkylation sites (tertiary alicyclic amines) is 1. The monoisotopic (exact) mass is 400 g/mol. The van der Waals surface area contributed by atoms with Gasteiger partial charge in [-0.3, -0.25) is 14.6 Å². The lowest BCUT2D eigenvalue weighted by Crippen LogP contribution is -2.29. The van der Waals surface area contributed by atoms with Gasteiger partial charge in [-0.25, -0.2) is 0 Å². The Kier molecular flexibility index (Phi) is 5.30. The van der Waals surface area contributed by atoms with Crippen LogP contribution in [0.1, 0.15) is 22.7 Å². The summed E-state index contributed by atoms with van der Waals surface area (Å²) in [5.41, 5.74) is 1.98. The molecule has 150 valence electrons. The molecular weight excluding hydrogens is 380 g/mol. The third-order valence-corrected chi connectivity index (χ3v) is 5.08. The lowest BCUT2D eigenvalue weighted by molar-refractivity contribution is -0.140. The average molecular weight is 400 g/mol. The first kappa shape index (κ1) is 19.4. The van der Waals surface area contributed by atoms with Crippen LogP contribution in [0.4, 0.5) is 0 Å². The quantitative estimate of drug-likeness (QED) is 0.401. The maximum absolute atomic E-state index is 13.0. The predicted octanol–water partition coefficient (Wildman–Crippen LogP) is 3.71. The van der Waals surface area contributed by atoms with Crippen molar-refractivity contribution in [3.05, 3.63) is 101 Å². The molecule has 1 N–H and O–H groups in total. The van der Waals surface area contributed by atoms with Gasteiger partial charge in [0.1, 0.15) is 11.5 Å². The van der Waals surface area contributed by atoms with Gasteiger partial charge in [-0.15, -0.1) is 0 Å². The van der Waals surface area contributed by atoms with Gasteiger partial charge in [0.05, 0.1) is 18.7 Å². The first-order valence-corrected chi connectivity index (χ1v) is 9.47. The predicted molar refractivity (Wildman–Crippen MR) is 112 cm³/mol. The summed E-state index contributed by atoms with van der Waals surface area (Å²) in [5.74, 6) is -1.08. The number of hydrogen-bond acceptors (Lipinski definition) is 5. The number of rotatable bonds is 5. The number of amides is 1. The zero-order valence-electron chi connectivity index (χ0n) is 16.4. The zero-order chi connectivity index (χ0) is 21.1. The van der Waals surface area contributed by atoms with Crippen molar-refractivity contribution in [3.8, 4) is 5.75 Å². The molecule has 0 aliphatic carbocycles. The molecule has 3 aromatic rings. The number of benzene rings is 2. The van der Waals surface area contributed by atoms with Gasteiger partial charge in [0, 0.05) is 24.5 Å². The number of ether oxygens (including phenoxy) is 1. The van der Waals surface area contributed by atoms with Crippen molar-refractivity contribution >= 4 is 17.4 Å². The minimum atomic E-state index is -0.745. The van der Waals surface area contributed by atoms with E-state index in [0.29, 0.717) is 16.9 Å². The number of Topliss-reactive ketones (excluding diaryl/α,β-unsaturated/α-hetero) is 1. The Morgan fingerprint density at radius 3 is 2.57 bits per heavy atom. The summed E-state index contributed by atoms with van der Waals surface area (Å²) in [4.78, 5) is 31.6. The van der Waals surface area contributed by atoms with E-state index in [9.17, 15) is 14.7 Å². The Balaban J connectivity index is 1.85. The van der Waals surface area contributed by atoms with Gasteiger partial charge < -0.3 is 14.7 Å². The second-order valence-corrected chi connectivity index (χ2v) is 6.93. The molecule has 1 fully saturated rings. The maximum atomic E-state index is 13.0. The molecule has 4 rings (SSSR count). The van der Waals surface area contributed by atoms with Crippen molar-refractivity contribution in [1.82, 2.24) is 9.88 Å². The van der Waals surface area contributed by atoms with E-state index in [-0.39, 0.29) is 17.9 Å². The van der Waals surface area contributed by atoms with E-state index in [2.05, 4.69) is 4.98 Å². The average Bonchev–Trinajstić information content (AvgIpc) is 3.05. The number of hydrogen-bond donors (Lipinski definition) is 1. The van der Waals surface area contributed by atoms with E-state index in [0.717, 1.165) is 5.56 Å². The van der Waals surface area contributed by atoms with Gasteiger partial charge in [0.15, 0.2) is 0 Å². The fourth-order valence-electron chi connectivity index (χ4n) is 3.63. The normalized spacial score (nSPS) is 17.9. The van der Waals surface area contributed by atoms with E-state index in [1.807, 2.05) is 30.3 Å². The Bertz CT molecular complexity index is 1110. The Morgan fingerprint density at radius 1 is 1.07 bits per heavy atom. The number of ketones is 1. The minimum absolute atomic E-state index is 0.0391. The van der Waals surface area contributed by atoms with Crippen molar-refractivity contribution in [2.24, 2.45) is 0 Å². The van der Waals surface area contributed by atoms with Crippen LogP contribution in [0.5, 0.6) is 5.75 Å². The molecule has 2 aromatic carbocycles. The fourth-order valence-corrected chi connectivity index (χ4v) is 3.63. The van der Waals surface area contributed by atoms with Gasteiger partial charge in [-0.1, -0.05) is 48.5 Å². The summed E-state index contributed by atoms with van der Waals surface area (Å²) in [7, 11) is 1.52. The molecule has 1 aliphatic rings. The molecule has 0 radical (unpaired) electrons. The largest absolute Gasteiger partial charge is 0.507 e. The highest BCUT2D eigenvalue weighted by atomic mass is 16.5. The van der Waals surface area contributed by atoms with Crippen molar-refractivity contribution < 1.29 is 19.4 Å². The van der Waals surface area contributed by atoms with E-state index < -0.39 is 17.7 Å². The zero-order valence-corrected chi connectivity index (χ0v) is 16.4. The number of methoxy groups -OCH3 is 1. The van der Waals surface area contributed by atoms with Gasteiger partial charge in [-0.2, -0.15) is 0 Å². The van der Waals surface area contributed by atoms with Crippen LogP contribution in [0.2, 0.25) is 0 Å². The van der Waals surface area contributed by atoms with Crippen LogP contribution in [0.15, 0.2) is 84.7 Å². The SMILES string of the molecule is COc1cccc(C(O)=C2C(=O)C(=O)N(Cc3ccccc3)C2c2cccnc2)c1. The molecule has 1 aliphatic heterocycles. The third kappa shape index (κ3) is 3.55. The summed E-state index contributed by atoms with van der Waals surface area (Å²) in [5, 5.41) is 11.0. The fraction of sp³-hybridized carbons (Fsp3) is 0.125. The van der Waals surface area contributed by atoms with Gasteiger partial charge >= 0.3 is 0 Å². The van der Waals surface area contributed by atoms with E-state index >= 15 is 0 Å². The van der Waals surface area contributed by atoms with Crippen LogP contribution in [0.3, 0.4) is 0 Å². The number of carbonyl (C=O) groups excluding carboxylic acids is 2. The highest BCUT2D eigenvalue weighted by Crippen LogP contribution is 2.40.